The van der Waals surface area contributed by atoms with Gasteiger partial charge < -0.3 is 15.0 Å². The van der Waals surface area contributed by atoms with E-state index in [9.17, 15) is 4.79 Å². The highest BCUT2D eigenvalue weighted by Crippen LogP contribution is 2.27. The number of hydrogen-bond acceptors (Lipinski definition) is 4. The number of ether oxygens (including phenoxy) is 1. The van der Waals surface area contributed by atoms with E-state index in [1.54, 1.807) is 36.7 Å². The van der Waals surface area contributed by atoms with Crippen molar-refractivity contribution in [2.45, 2.75) is 6.92 Å². The number of anilines is 1. The van der Waals surface area contributed by atoms with Gasteiger partial charge >= 0.3 is 0 Å². The summed E-state index contributed by atoms with van der Waals surface area (Å²) in [4.78, 5) is 18.8. The van der Waals surface area contributed by atoms with Crippen molar-refractivity contribution in [3.63, 3.8) is 0 Å². The fourth-order valence-corrected chi connectivity index (χ4v) is 2.17. The van der Waals surface area contributed by atoms with Crippen LogP contribution < -0.4 is 10.1 Å². The molecule has 1 amide bonds. The number of nitrogens with one attached hydrogen (secondary N) is 2. The van der Waals surface area contributed by atoms with Crippen LogP contribution in [-0.4, -0.2) is 15.9 Å². The smallest absolute Gasteiger partial charge is 0.257 e. The summed E-state index contributed by atoms with van der Waals surface area (Å²) < 4.78 is 5.78. The molecule has 0 saturated carbocycles. The Morgan fingerprint density at radius 2 is 2.04 bits per heavy atom. The maximum Gasteiger partial charge on any atom is 0.257 e. The number of benzene rings is 1. The molecule has 118 valence electrons. The average molecular weight is 318 g/mol. The van der Waals surface area contributed by atoms with E-state index in [2.05, 4.69) is 15.3 Å². The molecule has 0 bridgehead atoms. The van der Waals surface area contributed by atoms with E-state index in [0.717, 1.165) is 5.56 Å². The normalized spacial score (nSPS) is 10.0. The Morgan fingerprint density at radius 1 is 1.25 bits per heavy atom. The average Bonchev–Trinajstić information content (AvgIpc) is 3.08. The Labute approximate surface area is 138 Å². The van der Waals surface area contributed by atoms with Gasteiger partial charge in [-0.1, -0.05) is 0 Å². The first-order valence-corrected chi connectivity index (χ1v) is 7.24. The molecule has 0 saturated heterocycles. The predicted molar refractivity (Wildman–Crippen MR) is 89.0 cm³/mol. The number of rotatable bonds is 4. The second-order valence-electron chi connectivity index (χ2n) is 5.13. The van der Waals surface area contributed by atoms with Gasteiger partial charge in [-0.3, -0.25) is 9.78 Å². The Balaban J connectivity index is 1.72. The van der Waals surface area contributed by atoms with Crippen molar-refractivity contribution in [2.24, 2.45) is 0 Å². The van der Waals surface area contributed by atoms with Crippen LogP contribution in [0.3, 0.4) is 0 Å². The number of carbonyl (C=O) groups excluding carboxylic acids is 1. The third kappa shape index (κ3) is 3.42. The van der Waals surface area contributed by atoms with Gasteiger partial charge in [-0.15, -0.1) is 0 Å². The molecule has 0 aliphatic rings. The lowest BCUT2D eigenvalue weighted by Crippen LogP contribution is -2.11. The Hall–Kier alpha value is -3.59. The van der Waals surface area contributed by atoms with Gasteiger partial charge in [-0.2, -0.15) is 5.26 Å². The third-order valence-corrected chi connectivity index (χ3v) is 3.38. The van der Waals surface area contributed by atoms with Crippen LogP contribution in [-0.2, 0) is 0 Å². The van der Waals surface area contributed by atoms with Crippen molar-refractivity contribution in [2.75, 3.05) is 5.32 Å². The third-order valence-electron chi connectivity index (χ3n) is 3.38. The molecule has 0 aliphatic carbocycles. The second kappa shape index (κ2) is 6.67. The number of aryl methyl sites for hydroxylation is 1. The number of hydrogen-bond donors (Lipinski definition) is 2. The van der Waals surface area contributed by atoms with Gasteiger partial charge in [0.05, 0.1) is 5.56 Å². The standard InChI is InChI=1S/C18H14N4O2/c1-12-8-14(22-18(23)13-9-15(10-19)21-11-13)2-3-17(12)24-16-4-6-20-7-5-16/h2-9,11,21H,1H3,(H,22,23). The zero-order chi connectivity index (χ0) is 16.9. The van der Waals surface area contributed by atoms with Crippen LogP contribution in [0.5, 0.6) is 11.5 Å². The summed E-state index contributed by atoms with van der Waals surface area (Å²) in [6.45, 7) is 1.90. The fraction of sp³-hybridized carbons (Fsp3) is 0.0556. The summed E-state index contributed by atoms with van der Waals surface area (Å²) >= 11 is 0. The van der Waals surface area contributed by atoms with Crippen molar-refractivity contribution in [3.8, 4) is 17.6 Å². The van der Waals surface area contributed by atoms with Crippen molar-refractivity contribution < 1.29 is 9.53 Å². The van der Waals surface area contributed by atoms with E-state index < -0.39 is 0 Å². The SMILES string of the molecule is Cc1cc(NC(=O)c2c[nH]c(C#N)c2)ccc1Oc1ccncc1. The van der Waals surface area contributed by atoms with Crippen LogP contribution in [0.1, 0.15) is 21.6 Å². The highest BCUT2D eigenvalue weighted by Gasteiger charge is 2.10. The van der Waals surface area contributed by atoms with Gasteiger partial charge in [0.1, 0.15) is 23.3 Å². The molecule has 0 aliphatic heterocycles. The van der Waals surface area contributed by atoms with Crippen LogP contribution >= 0.6 is 0 Å². The lowest BCUT2D eigenvalue weighted by atomic mass is 10.2. The molecule has 3 aromatic rings. The molecule has 24 heavy (non-hydrogen) atoms. The summed E-state index contributed by atoms with van der Waals surface area (Å²) in [5.41, 5.74) is 2.29. The molecule has 0 unspecified atom stereocenters. The highest BCUT2D eigenvalue weighted by atomic mass is 16.5. The zero-order valence-corrected chi connectivity index (χ0v) is 12.9. The lowest BCUT2D eigenvalue weighted by Gasteiger charge is -2.10. The van der Waals surface area contributed by atoms with Crippen LogP contribution in [0, 0.1) is 18.3 Å². The van der Waals surface area contributed by atoms with Gasteiger partial charge in [0.2, 0.25) is 0 Å². The quantitative estimate of drug-likeness (QED) is 0.768. The van der Waals surface area contributed by atoms with Crippen LogP contribution in [0.4, 0.5) is 5.69 Å². The molecule has 2 aromatic heterocycles. The van der Waals surface area contributed by atoms with E-state index in [1.807, 2.05) is 19.1 Å². The Morgan fingerprint density at radius 3 is 2.71 bits per heavy atom. The number of carbonyl (C=O) groups is 1. The molecule has 0 fully saturated rings. The van der Waals surface area contributed by atoms with Crippen molar-refractivity contribution in [3.05, 3.63) is 71.8 Å². The first kappa shape index (κ1) is 15.3. The number of aromatic nitrogens is 2. The van der Waals surface area contributed by atoms with Gasteiger partial charge in [-0.05, 0) is 48.9 Å². The fourth-order valence-electron chi connectivity index (χ4n) is 2.17. The van der Waals surface area contributed by atoms with E-state index in [-0.39, 0.29) is 5.91 Å². The van der Waals surface area contributed by atoms with Gasteiger partial charge in [-0.25, -0.2) is 0 Å². The van der Waals surface area contributed by atoms with E-state index in [1.165, 1.54) is 12.3 Å². The summed E-state index contributed by atoms with van der Waals surface area (Å²) in [6, 6.07) is 12.4. The van der Waals surface area contributed by atoms with Gasteiger partial charge in [0.25, 0.3) is 5.91 Å². The number of H-pyrrole nitrogens is 1. The van der Waals surface area contributed by atoms with Crippen molar-refractivity contribution >= 4 is 11.6 Å². The summed E-state index contributed by atoms with van der Waals surface area (Å²) in [5.74, 6) is 1.11. The Kier molecular flexibility index (Phi) is 4.25. The van der Waals surface area contributed by atoms with Gasteiger partial charge in [0.15, 0.2) is 0 Å². The largest absolute Gasteiger partial charge is 0.457 e. The number of pyridine rings is 1. The first-order chi connectivity index (χ1) is 11.7. The maximum absolute atomic E-state index is 12.2. The number of nitriles is 1. The highest BCUT2D eigenvalue weighted by molar-refractivity contribution is 6.04. The molecule has 1 aromatic carbocycles. The Bertz CT molecular complexity index is 910. The zero-order valence-electron chi connectivity index (χ0n) is 12.9. The first-order valence-electron chi connectivity index (χ1n) is 7.24. The molecule has 6 nitrogen and oxygen atoms in total. The molecule has 0 atom stereocenters. The molecule has 2 heterocycles. The number of aromatic amines is 1. The lowest BCUT2D eigenvalue weighted by molar-refractivity contribution is 0.102. The van der Waals surface area contributed by atoms with Crippen LogP contribution in [0.2, 0.25) is 0 Å². The minimum atomic E-state index is -0.282. The van der Waals surface area contributed by atoms with Crippen molar-refractivity contribution in [1.29, 1.82) is 5.26 Å². The summed E-state index contributed by atoms with van der Waals surface area (Å²) in [7, 11) is 0. The second-order valence-corrected chi connectivity index (χ2v) is 5.13. The van der Waals surface area contributed by atoms with E-state index >= 15 is 0 Å². The molecule has 0 spiro atoms. The van der Waals surface area contributed by atoms with Gasteiger partial charge in [0, 0.05) is 24.3 Å². The molecule has 6 heteroatoms. The molecule has 2 N–H and O–H groups in total. The predicted octanol–water partition coefficient (Wildman–Crippen LogP) is 3.63. The molecule has 3 rings (SSSR count). The molecular weight excluding hydrogens is 304 g/mol. The monoisotopic (exact) mass is 318 g/mol. The minimum Gasteiger partial charge on any atom is -0.457 e. The summed E-state index contributed by atoms with van der Waals surface area (Å²) in [5, 5.41) is 11.6. The summed E-state index contributed by atoms with van der Waals surface area (Å²) in [6.07, 6.45) is 4.82. The van der Waals surface area contributed by atoms with E-state index in [0.29, 0.717) is 28.4 Å². The number of amides is 1. The molecular formula is C18H14N4O2. The van der Waals surface area contributed by atoms with Crippen molar-refractivity contribution in [1.82, 2.24) is 9.97 Å². The van der Waals surface area contributed by atoms with E-state index in [4.69, 9.17) is 10.00 Å². The number of nitrogens with zero attached hydrogens (tertiary/aromatic N) is 2. The minimum absolute atomic E-state index is 0.282. The topological polar surface area (TPSA) is 90.8 Å². The maximum atomic E-state index is 12.2. The molecule has 0 radical (unpaired) electrons. The van der Waals surface area contributed by atoms with Crippen LogP contribution in [0.25, 0.3) is 0 Å². The van der Waals surface area contributed by atoms with Crippen LogP contribution in [0.15, 0.2) is 55.0 Å².